The molecule has 2 heterocycles. The van der Waals surface area contributed by atoms with Crippen LogP contribution >= 0.6 is 0 Å². The second-order valence-electron chi connectivity index (χ2n) is 14.7. The molecule has 8 aromatic carbocycles. The first kappa shape index (κ1) is 36.5. The minimum absolute atomic E-state index is 0.464. The molecule has 2 nitrogen and oxygen atoms in total. The smallest absolute Gasteiger partial charge is 0.309 e. The second kappa shape index (κ2) is 13.6. The Kier molecular flexibility index (Phi) is 8.43. The Morgan fingerprint density at radius 3 is 1.00 bits per heavy atom. The molecule has 10 aromatic rings. The second-order valence-corrected chi connectivity index (χ2v) is 18.5. The quantitative estimate of drug-likeness (QED) is 0.0900. The lowest BCUT2D eigenvalue weighted by Crippen LogP contribution is -2.74. The Morgan fingerprint density at radius 1 is 0.305 bits per heavy atom. The number of benzene rings is 8. The SMILES string of the molecule is FC(F)(F)c1ccc2c3ccccc3n(-c3ccc([Si](c4ccccc4)(c4ccccc4)c4ccc(-n5c6ccccc6c6ccc(C(F)(F)F)cc65)cc4)cc3)c2c1. The summed E-state index contributed by atoms with van der Waals surface area (Å²) in [7, 11) is -3.11. The van der Waals surface area contributed by atoms with Crippen LogP contribution in [0.2, 0.25) is 0 Å². The average Bonchev–Trinajstić information content (AvgIpc) is 3.77. The van der Waals surface area contributed by atoms with Crippen molar-refractivity contribution in [1.82, 2.24) is 9.13 Å². The summed E-state index contributed by atoms with van der Waals surface area (Å²) < 4.78 is 87.9. The van der Waals surface area contributed by atoms with Gasteiger partial charge in [0.15, 0.2) is 8.07 Å². The van der Waals surface area contributed by atoms with Gasteiger partial charge in [-0.3, -0.25) is 0 Å². The fourth-order valence-electron chi connectivity index (χ4n) is 8.95. The maximum Gasteiger partial charge on any atom is 0.416 e. The molecule has 0 spiro atoms. The zero-order valence-corrected chi connectivity index (χ0v) is 32.1. The van der Waals surface area contributed by atoms with Crippen LogP contribution in [0.25, 0.3) is 55.0 Å². The first-order valence-electron chi connectivity index (χ1n) is 19.1. The van der Waals surface area contributed by atoms with Gasteiger partial charge in [-0.05, 0) is 81.4 Å². The van der Waals surface area contributed by atoms with Gasteiger partial charge >= 0.3 is 12.4 Å². The van der Waals surface area contributed by atoms with Gasteiger partial charge in [-0.25, -0.2) is 0 Å². The van der Waals surface area contributed by atoms with E-state index in [1.54, 1.807) is 12.1 Å². The van der Waals surface area contributed by atoms with E-state index in [-0.39, 0.29) is 0 Å². The summed E-state index contributed by atoms with van der Waals surface area (Å²) in [5, 5.41) is 7.51. The molecule has 0 aliphatic rings. The molecule has 0 saturated heterocycles. The van der Waals surface area contributed by atoms with Crippen molar-refractivity contribution in [2.24, 2.45) is 0 Å². The molecule has 0 radical (unpaired) electrons. The zero-order valence-electron chi connectivity index (χ0n) is 31.1. The highest BCUT2D eigenvalue weighted by Gasteiger charge is 2.41. The molecule has 0 N–H and O–H groups in total. The molecule has 0 atom stereocenters. The van der Waals surface area contributed by atoms with Gasteiger partial charge in [0.25, 0.3) is 0 Å². The van der Waals surface area contributed by atoms with E-state index in [1.165, 1.54) is 12.1 Å². The van der Waals surface area contributed by atoms with Gasteiger partial charge in [-0.1, -0.05) is 133 Å². The summed E-state index contributed by atoms with van der Waals surface area (Å²) >= 11 is 0. The largest absolute Gasteiger partial charge is 0.416 e. The predicted molar refractivity (Wildman–Crippen MR) is 229 cm³/mol. The Balaban J connectivity index is 1.18. The molecule has 0 bridgehead atoms. The van der Waals surface area contributed by atoms with E-state index in [4.69, 9.17) is 0 Å². The van der Waals surface area contributed by atoms with E-state index >= 15 is 0 Å². The molecule has 0 amide bonds. The number of hydrogen-bond acceptors (Lipinski definition) is 0. The molecule has 0 saturated carbocycles. The molecule has 59 heavy (non-hydrogen) atoms. The Morgan fingerprint density at radius 2 is 0.627 bits per heavy atom. The summed E-state index contributed by atoms with van der Waals surface area (Å²) in [6, 6.07) is 60.0. The van der Waals surface area contributed by atoms with E-state index in [9.17, 15) is 26.3 Å². The molecule has 10 rings (SSSR count). The lowest BCUT2D eigenvalue weighted by Gasteiger charge is -2.34. The van der Waals surface area contributed by atoms with Crippen LogP contribution in [0.4, 0.5) is 26.3 Å². The highest BCUT2D eigenvalue weighted by Crippen LogP contribution is 2.38. The zero-order chi connectivity index (χ0) is 40.5. The molecule has 288 valence electrons. The van der Waals surface area contributed by atoms with Crippen LogP contribution in [0.5, 0.6) is 0 Å². The van der Waals surface area contributed by atoms with Gasteiger partial charge in [-0.2, -0.15) is 26.3 Å². The number of para-hydroxylation sites is 2. The molecular weight excluding hydrogens is 771 g/mol. The van der Waals surface area contributed by atoms with Crippen LogP contribution < -0.4 is 20.7 Å². The van der Waals surface area contributed by atoms with Crippen molar-refractivity contribution in [3.63, 3.8) is 0 Å². The van der Waals surface area contributed by atoms with Crippen LogP contribution in [0, 0.1) is 0 Å². The fraction of sp³-hybridized carbons (Fsp3) is 0.0400. The molecule has 0 aliphatic heterocycles. The van der Waals surface area contributed by atoms with Gasteiger partial charge in [0.1, 0.15) is 0 Å². The van der Waals surface area contributed by atoms with Crippen LogP contribution in [0.15, 0.2) is 194 Å². The monoisotopic (exact) mass is 802 g/mol. The van der Waals surface area contributed by atoms with Crippen LogP contribution in [-0.4, -0.2) is 17.2 Å². The Labute approximate surface area is 335 Å². The number of halogens is 6. The molecular formula is C50H32F6N2Si. The fourth-order valence-corrected chi connectivity index (χ4v) is 13.7. The van der Waals surface area contributed by atoms with Gasteiger partial charge < -0.3 is 9.13 Å². The number of rotatable bonds is 6. The van der Waals surface area contributed by atoms with Crippen molar-refractivity contribution < 1.29 is 26.3 Å². The van der Waals surface area contributed by atoms with Crippen molar-refractivity contribution in [3.8, 4) is 11.4 Å². The number of alkyl halides is 6. The van der Waals surface area contributed by atoms with Crippen molar-refractivity contribution in [1.29, 1.82) is 0 Å². The Hall–Kier alpha value is -6.84. The van der Waals surface area contributed by atoms with Crippen molar-refractivity contribution in [2.45, 2.75) is 12.4 Å². The van der Waals surface area contributed by atoms with Crippen molar-refractivity contribution in [2.75, 3.05) is 0 Å². The predicted octanol–water partition coefficient (Wildman–Crippen LogP) is 11.3. The van der Waals surface area contributed by atoms with Crippen LogP contribution in [0.3, 0.4) is 0 Å². The third-order valence-corrected chi connectivity index (χ3v) is 16.3. The summed E-state index contributed by atoms with van der Waals surface area (Å²) in [5.41, 5.74) is 2.55. The lowest BCUT2D eigenvalue weighted by molar-refractivity contribution is -0.138. The molecule has 0 fully saturated rings. The first-order chi connectivity index (χ1) is 28.5. The van der Waals surface area contributed by atoms with Gasteiger partial charge in [0.2, 0.25) is 0 Å². The third kappa shape index (κ3) is 5.87. The summed E-state index contributed by atoms with van der Waals surface area (Å²) in [5.74, 6) is 0. The molecule has 9 heteroatoms. The van der Waals surface area contributed by atoms with Crippen LogP contribution in [0.1, 0.15) is 11.1 Å². The topological polar surface area (TPSA) is 9.86 Å². The number of nitrogens with zero attached hydrogens (tertiary/aromatic N) is 2. The van der Waals surface area contributed by atoms with Crippen molar-refractivity contribution in [3.05, 3.63) is 205 Å². The summed E-state index contributed by atoms with van der Waals surface area (Å²) in [6.07, 6.45) is -9.00. The first-order valence-corrected chi connectivity index (χ1v) is 21.1. The molecule has 2 aromatic heterocycles. The van der Waals surface area contributed by atoms with E-state index in [2.05, 4.69) is 48.5 Å². The van der Waals surface area contributed by atoms with Crippen LogP contribution in [-0.2, 0) is 12.4 Å². The van der Waals surface area contributed by atoms with E-state index < -0.39 is 31.6 Å². The Bertz CT molecular complexity index is 2950. The number of fused-ring (bicyclic) bond motifs is 6. The molecule has 0 aliphatic carbocycles. The molecule has 0 unspecified atom stereocenters. The number of hydrogen-bond donors (Lipinski definition) is 0. The minimum atomic E-state index is -4.50. The normalized spacial score (nSPS) is 12.6. The van der Waals surface area contributed by atoms with E-state index in [1.807, 2.05) is 118 Å². The summed E-state index contributed by atoms with van der Waals surface area (Å²) in [4.78, 5) is 0. The standard InChI is InChI=1S/C50H32F6N2Si/c51-49(52,53)33-19-29-43-41-15-7-9-17-45(41)57(47(43)31-33)35-21-25-39(26-22-35)59(37-11-3-1-4-12-37,38-13-5-2-6-14-38)40-27-23-36(24-28-40)58-46-18-10-8-16-42(46)44-30-20-34(32-48(44)58)50(54,55)56/h1-32H. The van der Waals surface area contributed by atoms with Crippen molar-refractivity contribution >= 4 is 72.4 Å². The summed E-state index contributed by atoms with van der Waals surface area (Å²) in [6.45, 7) is 0. The average molecular weight is 803 g/mol. The third-order valence-electron chi connectivity index (χ3n) is 11.5. The number of aromatic nitrogens is 2. The maximum absolute atomic E-state index is 14.0. The highest BCUT2D eigenvalue weighted by atomic mass is 28.3. The minimum Gasteiger partial charge on any atom is -0.309 e. The van der Waals surface area contributed by atoms with E-state index in [0.717, 1.165) is 76.8 Å². The highest BCUT2D eigenvalue weighted by molar-refractivity contribution is 7.19. The van der Waals surface area contributed by atoms with Gasteiger partial charge in [0, 0.05) is 32.9 Å². The van der Waals surface area contributed by atoms with Gasteiger partial charge in [0.05, 0.1) is 33.2 Å². The maximum atomic E-state index is 14.0. The van der Waals surface area contributed by atoms with Gasteiger partial charge in [-0.15, -0.1) is 0 Å². The lowest BCUT2D eigenvalue weighted by atomic mass is 10.1. The van der Waals surface area contributed by atoms with E-state index in [0.29, 0.717) is 11.0 Å².